The Balaban J connectivity index is 1.96. The van der Waals surface area contributed by atoms with Gasteiger partial charge in [0.2, 0.25) is 5.91 Å². The molecule has 0 bridgehead atoms. The van der Waals surface area contributed by atoms with Crippen LogP contribution in [0.5, 0.6) is 5.75 Å². The van der Waals surface area contributed by atoms with Crippen LogP contribution in [0.15, 0.2) is 54.0 Å². The van der Waals surface area contributed by atoms with Gasteiger partial charge in [-0.15, -0.1) is 6.58 Å². The largest absolute Gasteiger partial charge is 0.490 e. The summed E-state index contributed by atoms with van der Waals surface area (Å²) in [5.74, 6) is -0.0569. The molecular weight excluding hydrogens is 358 g/mol. The number of aryl methyl sites for hydroxylation is 1. The lowest BCUT2D eigenvalue weighted by Gasteiger charge is -2.27. The average Bonchev–Trinajstić information content (AvgIpc) is 2.74. The minimum Gasteiger partial charge on any atom is -0.490 e. The average molecular weight is 381 g/mol. The van der Waals surface area contributed by atoms with Crippen molar-refractivity contribution in [3.05, 3.63) is 65.1 Å². The highest BCUT2D eigenvalue weighted by Crippen LogP contribution is 2.38. The Morgan fingerprint density at radius 1 is 1.32 bits per heavy atom. The van der Waals surface area contributed by atoms with E-state index in [1.54, 1.807) is 48.5 Å². The predicted molar refractivity (Wildman–Crippen MR) is 108 cm³/mol. The normalized spacial score (nSPS) is 15.2. The van der Waals surface area contributed by atoms with Gasteiger partial charge in [0.15, 0.2) is 0 Å². The molecule has 1 aromatic carbocycles. The summed E-state index contributed by atoms with van der Waals surface area (Å²) in [7, 11) is 1.58. The Labute approximate surface area is 163 Å². The molecule has 0 atom stereocenters. The summed E-state index contributed by atoms with van der Waals surface area (Å²) < 4.78 is 7.17. The highest BCUT2D eigenvalue weighted by Gasteiger charge is 2.37. The molecule has 0 fully saturated rings. The number of anilines is 2. The molecule has 0 saturated carbocycles. The molecule has 0 saturated heterocycles. The topological polar surface area (TPSA) is 80.6 Å². The Bertz CT molecular complexity index is 1010. The van der Waals surface area contributed by atoms with Crippen molar-refractivity contribution in [3.63, 3.8) is 0 Å². The fraction of sp³-hybridized carbons (Fsp3) is 0.286. The summed E-state index contributed by atoms with van der Waals surface area (Å²) in [5, 5.41) is 2.72. The molecule has 2 aromatic rings. The molecule has 0 radical (unpaired) electrons. The molecule has 0 aliphatic carbocycles. The van der Waals surface area contributed by atoms with Crippen molar-refractivity contribution < 1.29 is 14.3 Å². The van der Waals surface area contributed by atoms with Gasteiger partial charge in [-0.25, -0.2) is 0 Å². The number of aromatic nitrogens is 1. The van der Waals surface area contributed by atoms with Gasteiger partial charge in [0.25, 0.3) is 11.5 Å². The third-order valence-electron chi connectivity index (χ3n) is 4.60. The molecule has 2 heterocycles. The zero-order valence-corrected chi connectivity index (χ0v) is 16.2. The molecule has 2 amide bonds. The zero-order valence-electron chi connectivity index (χ0n) is 16.2. The van der Waals surface area contributed by atoms with Gasteiger partial charge in [-0.2, -0.15) is 0 Å². The van der Waals surface area contributed by atoms with E-state index in [4.69, 9.17) is 4.74 Å². The van der Waals surface area contributed by atoms with E-state index >= 15 is 0 Å². The van der Waals surface area contributed by atoms with Crippen molar-refractivity contribution in [2.45, 2.75) is 13.8 Å². The zero-order chi connectivity index (χ0) is 20.5. The number of benzene rings is 1. The van der Waals surface area contributed by atoms with E-state index in [1.165, 1.54) is 10.6 Å². The van der Waals surface area contributed by atoms with E-state index in [-0.39, 0.29) is 23.6 Å². The number of hydrogen-bond acceptors (Lipinski definition) is 4. The van der Waals surface area contributed by atoms with Gasteiger partial charge in [0, 0.05) is 25.5 Å². The molecule has 3 rings (SSSR count). The second-order valence-corrected chi connectivity index (χ2v) is 7.35. The Morgan fingerprint density at radius 2 is 2.07 bits per heavy atom. The van der Waals surface area contributed by atoms with E-state index in [9.17, 15) is 14.4 Å². The lowest BCUT2D eigenvalue weighted by Crippen LogP contribution is -2.42. The van der Waals surface area contributed by atoms with Crippen molar-refractivity contribution in [3.8, 4) is 5.75 Å². The monoisotopic (exact) mass is 381 g/mol. The van der Waals surface area contributed by atoms with Crippen LogP contribution in [0, 0.1) is 5.41 Å². The number of rotatable bonds is 4. The summed E-state index contributed by atoms with van der Waals surface area (Å²) in [6.45, 7) is 7.94. The third-order valence-corrected chi connectivity index (χ3v) is 4.60. The highest BCUT2D eigenvalue weighted by molar-refractivity contribution is 6.05. The first-order chi connectivity index (χ1) is 13.2. The van der Waals surface area contributed by atoms with Crippen molar-refractivity contribution >= 4 is 23.2 Å². The standard InChI is InChI=1S/C21H23N3O4/c1-5-10-24-16-12-14(8-9-17(16)28-13-21(2,3)20(24)27)22-18(25)15-7-6-11-23(4)19(15)26/h5-9,11-12H,1,10,13H2,2-4H3,(H,22,25). The van der Waals surface area contributed by atoms with Crippen LogP contribution in [0.3, 0.4) is 0 Å². The number of nitrogens with one attached hydrogen (secondary N) is 1. The second-order valence-electron chi connectivity index (χ2n) is 7.35. The lowest BCUT2D eigenvalue weighted by atomic mass is 9.93. The number of hydrogen-bond donors (Lipinski definition) is 1. The second kappa shape index (κ2) is 7.34. The van der Waals surface area contributed by atoms with E-state index < -0.39 is 11.3 Å². The minimum absolute atomic E-state index is 0.0383. The molecule has 0 spiro atoms. The van der Waals surface area contributed by atoms with Crippen molar-refractivity contribution in [2.24, 2.45) is 12.5 Å². The van der Waals surface area contributed by atoms with Crippen LogP contribution in [0.4, 0.5) is 11.4 Å². The van der Waals surface area contributed by atoms with E-state index in [0.29, 0.717) is 23.7 Å². The first-order valence-corrected chi connectivity index (χ1v) is 8.91. The highest BCUT2D eigenvalue weighted by atomic mass is 16.5. The molecule has 28 heavy (non-hydrogen) atoms. The molecule has 146 valence electrons. The summed E-state index contributed by atoms with van der Waals surface area (Å²) in [5.41, 5.74) is -0.0319. The lowest BCUT2D eigenvalue weighted by molar-refractivity contribution is -0.127. The Morgan fingerprint density at radius 3 is 2.79 bits per heavy atom. The van der Waals surface area contributed by atoms with Gasteiger partial charge < -0.3 is 19.5 Å². The van der Waals surface area contributed by atoms with Crippen LogP contribution in [-0.2, 0) is 11.8 Å². The predicted octanol–water partition coefficient (Wildman–Crippen LogP) is 2.58. The van der Waals surface area contributed by atoms with Crippen LogP contribution in [-0.4, -0.2) is 29.5 Å². The van der Waals surface area contributed by atoms with Gasteiger partial charge in [0.05, 0.1) is 11.1 Å². The molecule has 0 unspecified atom stereocenters. The Kier molecular flexibility index (Phi) is 5.09. The van der Waals surface area contributed by atoms with Crippen molar-refractivity contribution in [1.82, 2.24) is 4.57 Å². The van der Waals surface area contributed by atoms with Crippen molar-refractivity contribution in [1.29, 1.82) is 0 Å². The number of nitrogens with zero attached hydrogens (tertiary/aromatic N) is 2. The number of fused-ring (bicyclic) bond motifs is 1. The van der Waals surface area contributed by atoms with Gasteiger partial charge in [-0.3, -0.25) is 14.4 Å². The number of carbonyl (C=O) groups is 2. The molecule has 1 aliphatic rings. The molecule has 1 aliphatic heterocycles. The molecule has 1 aromatic heterocycles. The summed E-state index contributed by atoms with van der Waals surface area (Å²) in [6, 6.07) is 8.16. The van der Waals surface area contributed by atoms with Crippen LogP contribution in [0.25, 0.3) is 0 Å². The van der Waals surface area contributed by atoms with E-state index in [1.807, 2.05) is 13.8 Å². The van der Waals surface area contributed by atoms with Crippen molar-refractivity contribution in [2.75, 3.05) is 23.4 Å². The smallest absolute Gasteiger partial charge is 0.263 e. The SMILES string of the molecule is C=CCN1C(=O)C(C)(C)COc2ccc(NC(=O)c3cccn(C)c3=O)cc21. The number of amides is 2. The van der Waals surface area contributed by atoms with E-state index in [0.717, 1.165) is 0 Å². The third kappa shape index (κ3) is 3.55. The maximum absolute atomic E-state index is 12.9. The summed E-state index contributed by atoms with van der Waals surface area (Å²) >= 11 is 0. The van der Waals surface area contributed by atoms with E-state index in [2.05, 4.69) is 11.9 Å². The first-order valence-electron chi connectivity index (χ1n) is 8.91. The fourth-order valence-corrected chi connectivity index (χ4v) is 3.00. The number of pyridine rings is 1. The summed E-state index contributed by atoms with van der Waals surface area (Å²) in [6.07, 6.45) is 3.22. The molecular formula is C21H23N3O4. The Hall–Kier alpha value is -3.35. The fourth-order valence-electron chi connectivity index (χ4n) is 3.00. The number of carbonyl (C=O) groups excluding carboxylic acids is 2. The van der Waals surface area contributed by atoms with Crippen LogP contribution < -0.4 is 20.5 Å². The summed E-state index contributed by atoms with van der Waals surface area (Å²) in [4.78, 5) is 39.2. The van der Waals surface area contributed by atoms with Crippen LogP contribution in [0.2, 0.25) is 0 Å². The maximum atomic E-state index is 12.9. The molecule has 7 heteroatoms. The first kappa shape index (κ1) is 19.4. The van der Waals surface area contributed by atoms with Gasteiger partial charge in [0.1, 0.15) is 17.9 Å². The van der Waals surface area contributed by atoms with Gasteiger partial charge in [-0.05, 0) is 44.2 Å². The quantitative estimate of drug-likeness (QED) is 0.826. The van der Waals surface area contributed by atoms with Crippen LogP contribution >= 0.6 is 0 Å². The van der Waals surface area contributed by atoms with Crippen LogP contribution in [0.1, 0.15) is 24.2 Å². The van der Waals surface area contributed by atoms with Gasteiger partial charge >= 0.3 is 0 Å². The maximum Gasteiger partial charge on any atom is 0.263 e. The molecule has 7 nitrogen and oxygen atoms in total. The molecule has 1 N–H and O–H groups in total. The van der Waals surface area contributed by atoms with Gasteiger partial charge in [-0.1, -0.05) is 6.08 Å². The minimum atomic E-state index is -0.693. The number of ether oxygens (including phenoxy) is 1.